The van der Waals surface area contributed by atoms with Gasteiger partial charge in [0.05, 0.1) is 22.1 Å². The van der Waals surface area contributed by atoms with Crippen LogP contribution in [0.2, 0.25) is 0 Å². The maximum Gasteiger partial charge on any atom is 0.263 e. The molecule has 13 rings (SSSR count). The molecule has 4 nitrogen and oxygen atoms in total. The van der Waals surface area contributed by atoms with Crippen molar-refractivity contribution in [3.63, 3.8) is 0 Å². The van der Waals surface area contributed by atoms with Crippen molar-refractivity contribution in [2.75, 3.05) is 0 Å². The normalized spacial score (nSPS) is 13.8. The Kier molecular flexibility index (Phi) is 5.56. The molecule has 0 unspecified atom stereocenters. The van der Waals surface area contributed by atoms with Gasteiger partial charge in [0.25, 0.3) is 5.56 Å². The summed E-state index contributed by atoms with van der Waals surface area (Å²) in [6, 6.07) is 56.2. The van der Waals surface area contributed by atoms with Crippen LogP contribution in [0.4, 0.5) is 0 Å². The Morgan fingerprint density at radius 2 is 1.16 bits per heavy atom. The van der Waals surface area contributed by atoms with Crippen LogP contribution >= 0.6 is 0 Å². The van der Waals surface area contributed by atoms with Crippen LogP contribution in [-0.2, 0) is 5.41 Å². The Morgan fingerprint density at radius 1 is 0.482 bits per heavy atom. The molecule has 12 aromatic rings. The topological polar surface area (TPSA) is 39.5 Å². The largest absolute Gasteiger partial charge is 0.456 e. The molecule has 0 fully saturated rings. The Morgan fingerprint density at radius 3 is 2.00 bits per heavy atom. The van der Waals surface area contributed by atoms with Gasteiger partial charge in [0.1, 0.15) is 11.2 Å². The van der Waals surface area contributed by atoms with Gasteiger partial charge < -0.3 is 8.98 Å². The molecule has 56 heavy (non-hydrogen) atoms. The smallest absolute Gasteiger partial charge is 0.263 e. The first-order valence-electron chi connectivity index (χ1n) is 19.3. The third kappa shape index (κ3) is 3.62. The highest BCUT2D eigenvalue weighted by Crippen LogP contribution is 2.53. The molecule has 0 atom stereocenters. The molecule has 0 radical (unpaired) electrons. The fourth-order valence-electron chi connectivity index (χ4n) is 10.4. The minimum atomic E-state index is -0.110. The molecular formula is C52H32N2O2. The van der Waals surface area contributed by atoms with Crippen molar-refractivity contribution in [2.45, 2.75) is 19.3 Å². The number of hydrogen-bond acceptors (Lipinski definition) is 2. The van der Waals surface area contributed by atoms with Gasteiger partial charge >= 0.3 is 0 Å². The maximum absolute atomic E-state index is 14.0. The highest BCUT2D eigenvalue weighted by molar-refractivity contribution is 6.23. The molecule has 0 aliphatic heterocycles. The first-order chi connectivity index (χ1) is 27.5. The highest BCUT2D eigenvalue weighted by Gasteiger charge is 2.37. The van der Waals surface area contributed by atoms with Crippen LogP contribution in [0.5, 0.6) is 0 Å². The molecule has 0 N–H and O–H groups in total. The van der Waals surface area contributed by atoms with E-state index in [4.69, 9.17) is 4.42 Å². The Hall–Kier alpha value is -7.17. The summed E-state index contributed by atoms with van der Waals surface area (Å²) in [7, 11) is 0. The van der Waals surface area contributed by atoms with Crippen molar-refractivity contribution in [2.24, 2.45) is 0 Å². The number of furan rings is 1. The zero-order valence-corrected chi connectivity index (χ0v) is 30.7. The molecule has 1 aliphatic rings. The number of aromatic nitrogens is 2. The van der Waals surface area contributed by atoms with Gasteiger partial charge in [-0.3, -0.25) is 9.20 Å². The monoisotopic (exact) mass is 716 g/mol. The molecule has 4 heterocycles. The van der Waals surface area contributed by atoms with Crippen LogP contribution in [0.25, 0.3) is 110 Å². The molecule has 0 amide bonds. The second-order valence-electron chi connectivity index (χ2n) is 16.0. The molecule has 0 spiro atoms. The van der Waals surface area contributed by atoms with Crippen LogP contribution in [0.3, 0.4) is 0 Å². The third-order valence-corrected chi connectivity index (χ3v) is 12.8. The van der Waals surface area contributed by atoms with Crippen molar-refractivity contribution in [1.29, 1.82) is 0 Å². The van der Waals surface area contributed by atoms with Crippen molar-refractivity contribution >= 4 is 81.7 Å². The average molecular weight is 717 g/mol. The second kappa shape index (κ2) is 10.3. The van der Waals surface area contributed by atoms with Gasteiger partial charge in [0.15, 0.2) is 0 Å². The summed E-state index contributed by atoms with van der Waals surface area (Å²) in [5.41, 5.74) is 14.6. The second-order valence-corrected chi connectivity index (χ2v) is 16.0. The van der Waals surface area contributed by atoms with Gasteiger partial charge in [-0.15, -0.1) is 0 Å². The molecule has 8 aromatic carbocycles. The summed E-state index contributed by atoms with van der Waals surface area (Å²) >= 11 is 0. The van der Waals surface area contributed by atoms with E-state index in [0.717, 1.165) is 76.7 Å². The number of rotatable bonds is 2. The zero-order chi connectivity index (χ0) is 37.0. The lowest BCUT2D eigenvalue weighted by atomic mass is 9.82. The van der Waals surface area contributed by atoms with E-state index in [9.17, 15) is 4.79 Å². The molecule has 0 saturated heterocycles. The zero-order valence-electron chi connectivity index (χ0n) is 30.7. The fourth-order valence-corrected chi connectivity index (χ4v) is 10.4. The Labute approximate surface area is 320 Å². The number of hydrogen-bond donors (Lipinski definition) is 0. The number of pyridine rings is 1. The lowest BCUT2D eigenvalue weighted by Gasteiger charge is -2.21. The maximum atomic E-state index is 14.0. The van der Waals surface area contributed by atoms with Crippen LogP contribution in [0.1, 0.15) is 25.0 Å². The van der Waals surface area contributed by atoms with E-state index in [1.54, 1.807) is 0 Å². The van der Waals surface area contributed by atoms with Gasteiger partial charge in [-0.05, 0) is 87.8 Å². The minimum absolute atomic E-state index is 0.0188. The van der Waals surface area contributed by atoms with E-state index in [1.807, 2.05) is 28.7 Å². The summed E-state index contributed by atoms with van der Waals surface area (Å²) in [5, 5.41) is 9.55. The molecular weight excluding hydrogens is 685 g/mol. The van der Waals surface area contributed by atoms with Crippen LogP contribution in [0, 0.1) is 0 Å². The van der Waals surface area contributed by atoms with Gasteiger partial charge in [0, 0.05) is 59.8 Å². The van der Waals surface area contributed by atoms with Gasteiger partial charge in [-0.1, -0.05) is 117 Å². The summed E-state index contributed by atoms with van der Waals surface area (Å²) in [4.78, 5) is 14.0. The minimum Gasteiger partial charge on any atom is -0.456 e. The fraction of sp³-hybridized carbons (Fsp3) is 0.0577. The molecule has 4 aromatic heterocycles. The standard InChI is InChI=1S/C52H32N2O2/c1-52(2)41-18-8-5-16-37(41)48-42(52)24-23-35-33-13-6-9-19-43(33)53(50(35)48)30-22-25-45-40(28-30)47-31(17-11-21-46(47)56-45)29-26-38-32-12-3-4-15-36(32)51(55)54-44-20-10-7-14-34(44)39(27-29)49(38)54/h3-28H,1-2H3. The molecule has 4 heteroatoms. The molecule has 0 saturated carbocycles. The quantitative estimate of drug-likeness (QED) is 0.167. The molecule has 262 valence electrons. The van der Waals surface area contributed by atoms with Crippen LogP contribution in [-0.4, -0.2) is 8.97 Å². The van der Waals surface area contributed by atoms with Gasteiger partial charge in [-0.2, -0.15) is 0 Å². The van der Waals surface area contributed by atoms with E-state index in [-0.39, 0.29) is 11.0 Å². The molecule has 0 bridgehead atoms. The number of para-hydroxylation sites is 2. The predicted molar refractivity (Wildman–Crippen MR) is 232 cm³/mol. The van der Waals surface area contributed by atoms with Crippen molar-refractivity contribution in [1.82, 2.24) is 8.97 Å². The first kappa shape index (κ1) is 30.2. The van der Waals surface area contributed by atoms with E-state index in [1.165, 1.54) is 44.1 Å². The van der Waals surface area contributed by atoms with Gasteiger partial charge in [0.2, 0.25) is 0 Å². The Bertz CT molecular complexity index is 3760. The number of fused-ring (bicyclic) bond motifs is 15. The summed E-state index contributed by atoms with van der Waals surface area (Å²) in [6.07, 6.45) is 0. The lowest BCUT2D eigenvalue weighted by molar-refractivity contribution is 0.661. The highest BCUT2D eigenvalue weighted by atomic mass is 16.3. The summed E-state index contributed by atoms with van der Waals surface area (Å²) in [6.45, 7) is 4.70. The third-order valence-electron chi connectivity index (χ3n) is 12.8. The predicted octanol–water partition coefficient (Wildman–Crippen LogP) is 13.2. The van der Waals surface area contributed by atoms with Crippen molar-refractivity contribution in [3.05, 3.63) is 179 Å². The van der Waals surface area contributed by atoms with E-state index in [2.05, 4.69) is 152 Å². The van der Waals surface area contributed by atoms with Gasteiger partial charge in [-0.25, -0.2) is 0 Å². The Balaban J connectivity index is 1.13. The van der Waals surface area contributed by atoms with E-state index >= 15 is 0 Å². The average Bonchev–Trinajstić information content (AvgIpc) is 3.95. The SMILES string of the molecule is CC1(C)c2ccccc2-c2c1ccc1c3ccccc3n(-c3ccc4oc5cccc(-c6cc7c8ccccc8c(=O)n8c9ccccc9c(c6)c78)c5c4c3)c21. The summed E-state index contributed by atoms with van der Waals surface area (Å²) in [5.74, 6) is 0. The van der Waals surface area contributed by atoms with Crippen LogP contribution < -0.4 is 5.56 Å². The lowest BCUT2D eigenvalue weighted by Crippen LogP contribution is -2.14. The first-order valence-corrected chi connectivity index (χ1v) is 19.3. The van der Waals surface area contributed by atoms with E-state index < -0.39 is 0 Å². The molecule has 1 aliphatic carbocycles. The van der Waals surface area contributed by atoms with Crippen molar-refractivity contribution < 1.29 is 4.42 Å². The van der Waals surface area contributed by atoms with Crippen molar-refractivity contribution in [3.8, 4) is 27.9 Å². The number of nitrogens with zero attached hydrogens (tertiary/aromatic N) is 2. The van der Waals surface area contributed by atoms with E-state index in [0.29, 0.717) is 0 Å². The van der Waals surface area contributed by atoms with Crippen LogP contribution in [0.15, 0.2) is 167 Å². The summed E-state index contributed by atoms with van der Waals surface area (Å²) < 4.78 is 11.0. The number of benzene rings is 8.